The first-order valence-electron chi connectivity index (χ1n) is 31.9. The SMILES string of the molecule is CC(C)(C)[O-].Clc1ccc2sc3cccnc3c2n1.[Na+].c1ccc(-n2c3ccccc3c3cc(-c4ccc5[nH]c6ccccc6c5c4)ccc32)cc1.c1ccc(-n2c3ccccc3c3cc(-c4ccc5c(c4)c4ccccc4n5-c4ccc5sc6cccnc6c5n4)ccc32)cc1. The number of para-hydroxylation sites is 6. The predicted octanol–water partition coefficient (Wildman–Crippen LogP) is 19.4. The number of fused-ring (bicyclic) bond motifs is 18. The van der Waals surface area contributed by atoms with Crippen LogP contribution in [0.25, 0.3) is 168 Å². The summed E-state index contributed by atoms with van der Waals surface area (Å²) in [4.78, 5) is 21.9. The Morgan fingerprint density at radius 3 is 1.22 bits per heavy atom. The van der Waals surface area contributed by atoms with E-state index in [1.165, 1.54) is 110 Å². The summed E-state index contributed by atoms with van der Waals surface area (Å²) in [7, 11) is 0. The fourth-order valence-corrected chi connectivity index (χ4v) is 15.6. The number of aromatic nitrogens is 8. The number of pyridine rings is 4. The normalized spacial score (nSPS) is 11.7. The number of hydrogen-bond donors (Lipinski definition) is 1. The van der Waals surface area contributed by atoms with E-state index in [1.807, 2.05) is 30.5 Å². The molecular weight excluding hydrogens is 1260 g/mol. The molecule has 10 aromatic heterocycles. The van der Waals surface area contributed by atoms with E-state index in [-0.39, 0.29) is 29.6 Å². The van der Waals surface area contributed by atoms with Gasteiger partial charge in [0.1, 0.15) is 33.0 Å². The second-order valence-corrected chi connectivity index (χ2v) is 27.4. The Labute approximate surface area is 593 Å². The molecule has 0 atom stereocenters. The molecular formula is C84H58ClN8NaOS2. The van der Waals surface area contributed by atoms with Crippen molar-refractivity contribution < 1.29 is 34.7 Å². The van der Waals surface area contributed by atoms with Gasteiger partial charge in [0.15, 0.2) is 0 Å². The van der Waals surface area contributed by atoms with Crippen molar-refractivity contribution in [3.63, 3.8) is 0 Å². The van der Waals surface area contributed by atoms with Gasteiger partial charge in [0, 0.05) is 77.9 Å². The summed E-state index contributed by atoms with van der Waals surface area (Å²) >= 11 is 9.27. The smallest absolute Gasteiger partial charge is 0.850 e. The molecule has 20 aromatic rings. The van der Waals surface area contributed by atoms with Gasteiger partial charge in [0.05, 0.1) is 51.9 Å². The molecule has 0 radical (unpaired) electrons. The van der Waals surface area contributed by atoms with E-state index in [0.29, 0.717) is 5.15 Å². The molecule has 0 saturated carbocycles. The molecule has 0 aliphatic carbocycles. The van der Waals surface area contributed by atoms with Crippen molar-refractivity contribution in [1.82, 2.24) is 38.6 Å². The first kappa shape index (κ1) is 61.6. The zero-order valence-electron chi connectivity index (χ0n) is 53.4. The summed E-state index contributed by atoms with van der Waals surface area (Å²) < 4.78 is 11.6. The second-order valence-electron chi connectivity index (χ2n) is 24.9. The first-order chi connectivity index (χ1) is 47.0. The summed E-state index contributed by atoms with van der Waals surface area (Å²) in [6.07, 6.45) is 3.62. The number of halogens is 1. The van der Waals surface area contributed by atoms with E-state index in [4.69, 9.17) is 16.6 Å². The zero-order valence-corrected chi connectivity index (χ0v) is 57.8. The maximum absolute atomic E-state index is 10.1. The largest absolute Gasteiger partial charge is 1.00 e. The maximum atomic E-state index is 10.1. The third-order valence-electron chi connectivity index (χ3n) is 17.5. The number of H-pyrrole nitrogens is 1. The molecule has 20 rings (SSSR count). The molecule has 0 bridgehead atoms. The fourth-order valence-electron chi connectivity index (χ4n) is 13.5. The monoisotopic (exact) mass is 1320 g/mol. The van der Waals surface area contributed by atoms with Crippen molar-refractivity contribution in [3.8, 4) is 39.4 Å². The third kappa shape index (κ3) is 11.4. The van der Waals surface area contributed by atoms with Crippen LogP contribution in [0.5, 0.6) is 0 Å². The van der Waals surface area contributed by atoms with Crippen LogP contribution >= 0.6 is 34.3 Å². The molecule has 0 aliphatic heterocycles. The predicted molar refractivity (Wildman–Crippen MR) is 404 cm³/mol. The van der Waals surface area contributed by atoms with Gasteiger partial charge in [-0.05, 0) is 168 Å². The number of hydrogen-bond acceptors (Lipinski definition) is 7. The van der Waals surface area contributed by atoms with Crippen LogP contribution in [0.2, 0.25) is 5.15 Å². The van der Waals surface area contributed by atoms with E-state index in [1.54, 1.807) is 55.7 Å². The molecule has 0 fully saturated rings. The Morgan fingerprint density at radius 2 is 0.711 bits per heavy atom. The topological polar surface area (TPSA) is 105 Å². The van der Waals surface area contributed by atoms with Crippen LogP contribution in [0.3, 0.4) is 0 Å². The van der Waals surface area contributed by atoms with Crippen LogP contribution in [0.4, 0.5) is 0 Å². The summed E-state index contributed by atoms with van der Waals surface area (Å²) in [5.41, 5.74) is 19.8. The molecule has 0 amide bonds. The Kier molecular flexibility index (Phi) is 16.1. The first-order valence-corrected chi connectivity index (χ1v) is 33.9. The van der Waals surface area contributed by atoms with Crippen molar-refractivity contribution in [2.24, 2.45) is 0 Å². The Bertz CT molecular complexity index is 6370. The third-order valence-corrected chi connectivity index (χ3v) is 20.0. The Hall–Kier alpha value is -10.3. The number of benzene rings is 10. The molecule has 97 heavy (non-hydrogen) atoms. The number of rotatable bonds is 5. The van der Waals surface area contributed by atoms with Crippen LogP contribution in [0.1, 0.15) is 20.8 Å². The maximum Gasteiger partial charge on any atom is 1.00 e. The van der Waals surface area contributed by atoms with Crippen LogP contribution < -0.4 is 34.7 Å². The van der Waals surface area contributed by atoms with Gasteiger partial charge >= 0.3 is 29.6 Å². The molecule has 460 valence electrons. The number of aromatic amines is 1. The Balaban J connectivity index is 0.000000122. The fraction of sp³-hybridized carbons (Fsp3) is 0.0476. The minimum Gasteiger partial charge on any atom is -0.850 e. The molecule has 0 aliphatic rings. The summed E-state index contributed by atoms with van der Waals surface area (Å²) in [6.45, 7) is 4.90. The van der Waals surface area contributed by atoms with Gasteiger partial charge in [-0.2, -0.15) is 0 Å². The summed E-state index contributed by atoms with van der Waals surface area (Å²) in [5.74, 6) is 0.905. The van der Waals surface area contributed by atoms with Crippen molar-refractivity contribution in [1.29, 1.82) is 0 Å². The van der Waals surface area contributed by atoms with E-state index < -0.39 is 5.60 Å². The zero-order chi connectivity index (χ0) is 64.6. The van der Waals surface area contributed by atoms with Gasteiger partial charge in [-0.3, -0.25) is 14.5 Å². The van der Waals surface area contributed by atoms with Crippen molar-refractivity contribution in [3.05, 3.63) is 297 Å². The standard InChI is InChI=1S/C40H24N4S.C30H20N2.C10H5ClN2S.C4H9O.Na/c1-2-9-27(10-3-1)43-32-13-6-4-11-28(32)30-23-25(16-18-34(30)43)26-17-19-35-31(24-26)29-12-5-7-14-33(29)44(35)38-21-20-37-40(42-38)39-36(45-37)15-8-22-41-39;1-2-8-22(9-3-1)32-29-13-7-5-11-24(29)26-19-21(15-17-30(26)32)20-14-16-28-25(18-20)23-10-4-6-12-27(23)31-28;11-8-4-3-7-10(13-8)9-6(14-7)2-1-5-12-9;1-4(2,3)5;/h1-24H;1-19,31H;1-5H;1-3H3;/q;;;-1;+1. The van der Waals surface area contributed by atoms with E-state index in [0.717, 1.165) is 57.7 Å². The van der Waals surface area contributed by atoms with Crippen LogP contribution in [0, 0.1) is 0 Å². The van der Waals surface area contributed by atoms with Crippen LogP contribution in [-0.2, 0) is 0 Å². The summed E-state index contributed by atoms with van der Waals surface area (Å²) in [6, 6.07) is 99.2. The molecule has 0 saturated heterocycles. The van der Waals surface area contributed by atoms with E-state index in [2.05, 4.69) is 282 Å². The molecule has 1 N–H and O–H groups in total. The second kappa shape index (κ2) is 25.4. The van der Waals surface area contributed by atoms with Gasteiger partial charge in [0.2, 0.25) is 0 Å². The average Bonchev–Trinajstić information content (AvgIpc) is 1.60. The van der Waals surface area contributed by atoms with Crippen molar-refractivity contribution in [2.45, 2.75) is 26.4 Å². The summed E-state index contributed by atoms with van der Waals surface area (Å²) in [5, 5.41) is 20.7. The van der Waals surface area contributed by atoms with Gasteiger partial charge in [-0.1, -0.05) is 166 Å². The molecule has 10 heterocycles. The van der Waals surface area contributed by atoms with E-state index in [9.17, 15) is 5.11 Å². The molecule has 0 spiro atoms. The number of nitrogens with zero attached hydrogens (tertiary/aromatic N) is 7. The quantitative estimate of drug-likeness (QED) is 0.137. The van der Waals surface area contributed by atoms with E-state index >= 15 is 0 Å². The average molecular weight is 1320 g/mol. The number of thiophene rings is 2. The van der Waals surface area contributed by atoms with Crippen LogP contribution in [-0.4, -0.2) is 44.2 Å². The van der Waals surface area contributed by atoms with Crippen molar-refractivity contribution >= 4 is 162 Å². The van der Waals surface area contributed by atoms with Gasteiger partial charge in [-0.25, -0.2) is 9.97 Å². The van der Waals surface area contributed by atoms with Crippen LogP contribution in [0.15, 0.2) is 291 Å². The van der Waals surface area contributed by atoms with Gasteiger partial charge in [0.25, 0.3) is 0 Å². The Morgan fingerprint density at radius 1 is 0.340 bits per heavy atom. The van der Waals surface area contributed by atoms with Gasteiger partial charge in [-0.15, -0.1) is 28.3 Å². The molecule has 10 aromatic carbocycles. The minimum absolute atomic E-state index is 0. The molecule has 0 unspecified atom stereocenters. The number of nitrogens with one attached hydrogen (secondary N) is 1. The van der Waals surface area contributed by atoms with Gasteiger partial charge < -0.3 is 19.2 Å². The molecule has 13 heteroatoms. The van der Waals surface area contributed by atoms with Crippen molar-refractivity contribution in [2.75, 3.05) is 0 Å². The minimum atomic E-state index is -0.750. The molecule has 9 nitrogen and oxygen atoms in total.